The molecule has 2 rings (SSSR count). The average molecular weight is 495 g/mol. The fraction of sp³-hybridized carbons (Fsp3) is 0.190. The number of halogens is 2. The van der Waals surface area contributed by atoms with Crippen molar-refractivity contribution in [3.63, 3.8) is 0 Å². The zero-order chi connectivity index (χ0) is 24.2. The maximum Gasteiger partial charge on any atom is 0.325 e. The maximum absolute atomic E-state index is 12.0. The van der Waals surface area contributed by atoms with Gasteiger partial charge in [0.25, 0.3) is 11.8 Å². The second-order valence-electron chi connectivity index (χ2n) is 6.46. The zero-order valence-corrected chi connectivity index (χ0v) is 18.7. The van der Waals surface area contributed by atoms with Crippen molar-refractivity contribution in [1.29, 1.82) is 0 Å². The Morgan fingerprint density at radius 2 is 1.55 bits per heavy atom. The van der Waals surface area contributed by atoms with Gasteiger partial charge in [0.1, 0.15) is 6.54 Å². The molecular formula is C21H20Cl2N4O6. The van der Waals surface area contributed by atoms with Crippen molar-refractivity contribution in [2.75, 3.05) is 19.7 Å². The Labute approximate surface area is 199 Å². The minimum Gasteiger partial charge on any atom is -0.454 e. The summed E-state index contributed by atoms with van der Waals surface area (Å²) in [6.07, 6.45) is 0. The van der Waals surface area contributed by atoms with Crippen molar-refractivity contribution in [3.8, 4) is 0 Å². The molecule has 0 aliphatic heterocycles. The summed E-state index contributed by atoms with van der Waals surface area (Å²) < 4.78 is 4.68. The summed E-state index contributed by atoms with van der Waals surface area (Å²) in [6, 6.07) is 12.6. The first-order valence-corrected chi connectivity index (χ1v) is 10.3. The van der Waals surface area contributed by atoms with E-state index < -0.39 is 49.4 Å². The van der Waals surface area contributed by atoms with E-state index in [9.17, 15) is 24.0 Å². The number of urea groups is 1. The molecule has 12 heteroatoms. The maximum atomic E-state index is 12.0. The Morgan fingerprint density at radius 3 is 2.24 bits per heavy atom. The van der Waals surface area contributed by atoms with Crippen LogP contribution in [-0.4, -0.2) is 49.4 Å². The van der Waals surface area contributed by atoms with Gasteiger partial charge in [-0.3, -0.25) is 24.5 Å². The predicted molar refractivity (Wildman–Crippen MR) is 120 cm³/mol. The summed E-state index contributed by atoms with van der Waals surface area (Å²) in [4.78, 5) is 58.8. The van der Waals surface area contributed by atoms with Crippen molar-refractivity contribution in [2.24, 2.45) is 0 Å². The Hall–Kier alpha value is -3.63. The highest BCUT2D eigenvalue weighted by Crippen LogP contribution is 2.20. The van der Waals surface area contributed by atoms with Crippen LogP contribution in [0.1, 0.15) is 15.9 Å². The molecule has 10 nitrogen and oxygen atoms in total. The minimum absolute atomic E-state index is 0.121. The lowest BCUT2D eigenvalue weighted by Crippen LogP contribution is -2.42. The summed E-state index contributed by atoms with van der Waals surface area (Å²) >= 11 is 11.7. The third-order valence-electron chi connectivity index (χ3n) is 3.93. The van der Waals surface area contributed by atoms with Crippen LogP contribution in [-0.2, 0) is 25.7 Å². The molecule has 2 aromatic rings. The van der Waals surface area contributed by atoms with Crippen molar-refractivity contribution >= 4 is 52.9 Å². The van der Waals surface area contributed by atoms with Gasteiger partial charge in [-0.1, -0.05) is 53.5 Å². The smallest absolute Gasteiger partial charge is 0.325 e. The van der Waals surface area contributed by atoms with E-state index in [0.717, 1.165) is 5.56 Å². The Balaban J connectivity index is 1.60. The number of hydrogen-bond donors (Lipinski definition) is 4. The number of amides is 5. The van der Waals surface area contributed by atoms with E-state index in [1.165, 1.54) is 18.2 Å². The van der Waals surface area contributed by atoms with Gasteiger partial charge in [0.2, 0.25) is 5.91 Å². The minimum atomic E-state index is -0.907. The second-order valence-corrected chi connectivity index (χ2v) is 7.30. The van der Waals surface area contributed by atoms with Gasteiger partial charge in [-0.2, -0.15) is 0 Å². The number of hydrogen-bond acceptors (Lipinski definition) is 6. The standard InChI is InChI=1S/C21H20Cl2N4O6/c22-14-6-7-15(16(23)8-14)20(31)25-10-17(28)24-11-19(30)33-12-18(29)27-21(32)26-9-13-4-2-1-3-5-13/h1-8H,9-12H2,(H,24,28)(H,25,31)(H2,26,27,29,32). The van der Waals surface area contributed by atoms with Crippen LogP contribution in [0, 0.1) is 0 Å². The first-order chi connectivity index (χ1) is 15.7. The van der Waals surface area contributed by atoms with Crippen LogP contribution in [0.2, 0.25) is 10.0 Å². The van der Waals surface area contributed by atoms with Crippen LogP contribution >= 0.6 is 23.2 Å². The number of ether oxygens (including phenoxy) is 1. The highest BCUT2D eigenvalue weighted by atomic mass is 35.5. The van der Waals surface area contributed by atoms with Gasteiger partial charge in [0.05, 0.1) is 17.1 Å². The monoisotopic (exact) mass is 494 g/mol. The van der Waals surface area contributed by atoms with Crippen LogP contribution in [0.5, 0.6) is 0 Å². The van der Waals surface area contributed by atoms with Gasteiger partial charge in [-0.25, -0.2) is 4.79 Å². The molecule has 0 radical (unpaired) electrons. The first-order valence-electron chi connectivity index (χ1n) is 9.51. The van der Waals surface area contributed by atoms with Gasteiger partial charge in [0.15, 0.2) is 6.61 Å². The summed E-state index contributed by atoms with van der Waals surface area (Å²) in [5.74, 6) is -3.02. The summed E-state index contributed by atoms with van der Waals surface area (Å²) in [6.45, 7) is -1.46. The highest BCUT2D eigenvalue weighted by Gasteiger charge is 2.14. The van der Waals surface area contributed by atoms with Gasteiger partial charge in [0, 0.05) is 11.6 Å². The molecule has 0 aliphatic rings. The molecule has 0 bridgehead atoms. The molecule has 0 saturated carbocycles. The summed E-state index contributed by atoms with van der Waals surface area (Å²) in [7, 11) is 0. The third kappa shape index (κ3) is 9.58. The molecular weight excluding hydrogens is 475 g/mol. The fourth-order valence-corrected chi connectivity index (χ4v) is 2.84. The SMILES string of the molecule is O=C(CNC(=O)c1ccc(Cl)cc1Cl)NCC(=O)OCC(=O)NC(=O)NCc1ccccc1. The quantitative estimate of drug-likeness (QED) is 0.388. The number of carbonyl (C=O) groups excluding carboxylic acids is 5. The van der Waals surface area contributed by atoms with Crippen LogP contribution in [0.3, 0.4) is 0 Å². The van der Waals surface area contributed by atoms with Crippen LogP contribution in [0.15, 0.2) is 48.5 Å². The van der Waals surface area contributed by atoms with Gasteiger partial charge >= 0.3 is 12.0 Å². The molecule has 5 amide bonds. The largest absolute Gasteiger partial charge is 0.454 e. The molecule has 0 fully saturated rings. The highest BCUT2D eigenvalue weighted by molar-refractivity contribution is 6.36. The van der Waals surface area contributed by atoms with E-state index in [1.54, 1.807) is 12.1 Å². The molecule has 0 spiro atoms. The van der Waals surface area contributed by atoms with E-state index in [0.29, 0.717) is 5.02 Å². The number of rotatable bonds is 9. The molecule has 0 unspecified atom stereocenters. The lowest BCUT2D eigenvalue weighted by Gasteiger charge is -2.09. The van der Waals surface area contributed by atoms with E-state index in [2.05, 4.69) is 20.7 Å². The van der Waals surface area contributed by atoms with Gasteiger partial charge in [-0.05, 0) is 23.8 Å². The van der Waals surface area contributed by atoms with E-state index >= 15 is 0 Å². The first kappa shape index (κ1) is 25.6. The van der Waals surface area contributed by atoms with Gasteiger partial charge < -0.3 is 20.7 Å². The lowest BCUT2D eigenvalue weighted by molar-refractivity contribution is -0.148. The Kier molecular flexibility index (Phi) is 10.1. The number of esters is 1. The number of nitrogens with one attached hydrogen (secondary N) is 4. The molecule has 0 aliphatic carbocycles. The normalized spacial score (nSPS) is 10.0. The molecule has 0 atom stereocenters. The summed E-state index contributed by atoms with van der Waals surface area (Å²) in [5.41, 5.74) is 0.974. The third-order valence-corrected chi connectivity index (χ3v) is 4.48. The lowest BCUT2D eigenvalue weighted by atomic mass is 10.2. The van der Waals surface area contributed by atoms with Crippen molar-refractivity contribution < 1.29 is 28.7 Å². The van der Waals surface area contributed by atoms with Crippen LogP contribution in [0.25, 0.3) is 0 Å². The summed E-state index contributed by atoms with van der Waals surface area (Å²) in [5, 5.41) is 9.53. The van der Waals surface area contributed by atoms with Crippen molar-refractivity contribution in [3.05, 3.63) is 69.7 Å². The van der Waals surface area contributed by atoms with Crippen molar-refractivity contribution in [1.82, 2.24) is 21.3 Å². The molecule has 0 aromatic heterocycles. The van der Waals surface area contributed by atoms with E-state index in [4.69, 9.17) is 23.2 Å². The van der Waals surface area contributed by atoms with E-state index in [1.807, 2.05) is 23.5 Å². The molecule has 174 valence electrons. The molecule has 0 saturated heterocycles. The Morgan fingerprint density at radius 1 is 0.818 bits per heavy atom. The molecule has 4 N–H and O–H groups in total. The topological polar surface area (TPSA) is 143 Å². The predicted octanol–water partition coefficient (Wildman–Crippen LogP) is 1.41. The van der Waals surface area contributed by atoms with Crippen LogP contribution < -0.4 is 21.3 Å². The molecule has 0 heterocycles. The average Bonchev–Trinajstić information content (AvgIpc) is 2.79. The second kappa shape index (κ2) is 13.0. The van der Waals surface area contributed by atoms with Crippen LogP contribution in [0.4, 0.5) is 4.79 Å². The van der Waals surface area contributed by atoms with Crippen molar-refractivity contribution in [2.45, 2.75) is 6.54 Å². The van der Waals surface area contributed by atoms with E-state index in [-0.39, 0.29) is 17.1 Å². The van der Waals surface area contributed by atoms with Gasteiger partial charge in [-0.15, -0.1) is 0 Å². The molecule has 33 heavy (non-hydrogen) atoms. The Bertz CT molecular complexity index is 1030. The zero-order valence-electron chi connectivity index (χ0n) is 17.2. The fourth-order valence-electron chi connectivity index (χ4n) is 2.34. The number of imide groups is 1. The number of benzene rings is 2. The molecule has 2 aromatic carbocycles. The number of carbonyl (C=O) groups is 5.